The summed E-state index contributed by atoms with van der Waals surface area (Å²) in [6, 6.07) is 0. The van der Waals surface area contributed by atoms with Gasteiger partial charge >= 0.3 is 0 Å². The zero-order chi connectivity index (χ0) is 9.52. The van der Waals surface area contributed by atoms with Crippen molar-refractivity contribution in [1.29, 1.82) is 0 Å². The van der Waals surface area contributed by atoms with E-state index in [1.165, 1.54) is 51.7 Å². The third-order valence-electron chi connectivity index (χ3n) is 2.64. The Morgan fingerprint density at radius 1 is 1.23 bits per heavy atom. The topological polar surface area (TPSA) is 3.24 Å². The minimum absolute atomic E-state index is 1.04. The normalized spacial score (nSPS) is 16.8. The molecular formula is C11H23NS. The van der Waals surface area contributed by atoms with Gasteiger partial charge in [0, 0.05) is 6.54 Å². The van der Waals surface area contributed by atoms with Gasteiger partial charge in [-0.25, -0.2) is 0 Å². The molecule has 1 fully saturated rings. The number of rotatable bonds is 8. The molecule has 1 aliphatic carbocycles. The van der Waals surface area contributed by atoms with E-state index in [0.29, 0.717) is 0 Å². The van der Waals surface area contributed by atoms with Crippen LogP contribution in [-0.2, 0) is 0 Å². The maximum atomic E-state index is 4.24. The van der Waals surface area contributed by atoms with Crippen molar-refractivity contribution in [2.75, 3.05) is 25.4 Å². The molecule has 0 aromatic heterocycles. The van der Waals surface area contributed by atoms with Gasteiger partial charge in [-0.3, -0.25) is 0 Å². The molecule has 0 saturated heterocycles. The van der Waals surface area contributed by atoms with E-state index in [-0.39, 0.29) is 0 Å². The SMILES string of the molecule is CCCN(CCCCS)CC1CC1. The average Bonchev–Trinajstić information content (AvgIpc) is 2.89. The fraction of sp³-hybridized carbons (Fsp3) is 1.00. The van der Waals surface area contributed by atoms with E-state index in [2.05, 4.69) is 24.5 Å². The molecule has 0 amide bonds. The van der Waals surface area contributed by atoms with Gasteiger partial charge in [0.1, 0.15) is 0 Å². The van der Waals surface area contributed by atoms with Gasteiger partial charge in [-0.1, -0.05) is 6.92 Å². The third-order valence-corrected chi connectivity index (χ3v) is 2.95. The minimum Gasteiger partial charge on any atom is -0.303 e. The highest BCUT2D eigenvalue weighted by Gasteiger charge is 2.23. The van der Waals surface area contributed by atoms with Crippen molar-refractivity contribution in [3.63, 3.8) is 0 Å². The van der Waals surface area contributed by atoms with Gasteiger partial charge in [0.15, 0.2) is 0 Å². The van der Waals surface area contributed by atoms with Crippen LogP contribution in [0.15, 0.2) is 0 Å². The lowest BCUT2D eigenvalue weighted by atomic mass is 10.2. The van der Waals surface area contributed by atoms with Gasteiger partial charge in [-0.2, -0.15) is 12.6 Å². The highest BCUT2D eigenvalue weighted by molar-refractivity contribution is 7.80. The molecule has 0 bridgehead atoms. The molecule has 0 N–H and O–H groups in total. The lowest BCUT2D eigenvalue weighted by Gasteiger charge is -2.21. The number of unbranched alkanes of at least 4 members (excludes halogenated alkanes) is 1. The second kappa shape index (κ2) is 6.72. The molecule has 0 aliphatic heterocycles. The van der Waals surface area contributed by atoms with Crippen LogP contribution in [-0.4, -0.2) is 30.3 Å². The molecule has 0 atom stereocenters. The van der Waals surface area contributed by atoms with Gasteiger partial charge in [-0.05, 0) is 56.9 Å². The van der Waals surface area contributed by atoms with Crippen molar-refractivity contribution in [1.82, 2.24) is 4.90 Å². The number of hydrogen-bond donors (Lipinski definition) is 1. The third kappa shape index (κ3) is 5.58. The molecule has 1 saturated carbocycles. The molecular weight excluding hydrogens is 178 g/mol. The average molecular weight is 201 g/mol. The molecule has 2 heteroatoms. The van der Waals surface area contributed by atoms with Crippen molar-refractivity contribution in [2.24, 2.45) is 5.92 Å². The highest BCUT2D eigenvalue weighted by atomic mass is 32.1. The summed E-state index contributed by atoms with van der Waals surface area (Å²) < 4.78 is 0. The lowest BCUT2D eigenvalue weighted by molar-refractivity contribution is 0.259. The van der Waals surface area contributed by atoms with Crippen LogP contribution in [0, 0.1) is 5.92 Å². The zero-order valence-corrected chi connectivity index (χ0v) is 9.73. The van der Waals surface area contributed by atoms with Gasteiger partial charge in [0.25, 0.3) is 0 Å². The minimum atomic E-state index is 1.04. The van der Waals surface area contributed by atoms with Crippen molar-refractivity contribution < 1.29 is 0 Å². The fourth-order valence-corrected chi connectivity index (χ4v) is 1.95. The fourth-order valence-electron chi connectivity index (χ4n) is 1.72. The van der Waals surface area contributed by atoms with E-state index in [1.54, 1.807) is 0 Å². The van der Waals surface area contributed by atoms with Gasteiger partial charge in [-0.15, -0.1) is 0 Å². The molecule has 0 spiro atoms. The summed E-state index contributed by atoms with van der Waals surface area (Å²) in [7, 11) is 0. The van der Waals surface area contributed by atoms with Crippen LogP contribution in [0.1, 0.15) is 39.0 Å². The smallest absolute Gasteiger partial charge is 0.000966 e. The van der Waals surface area contributed by atoms with E-state index in [1.807, 2.05) is 0 Å². The first kappa shape index (κ1) is 11.4. The Bertz CT molecular complexity index is 123. The molecule has 1 aliphatic rings. The molecule has 0 aromatic rings. The lowest BCUT2D eigenvalue weighted by Crippen LogP contribution is -2.28. The van der Waals surface area contributed by atoms with Crippen molar-refractivity contribution in [3.05, 3.63) is 0 Å². The summed E-state index contributed by atoms with van der Waals surface area (Å²) >= 11 is 4.24. The van der Waals surface area contributed by atoms with Crippen LogP contribution >= 0.6 is 12.6 Å². The van der Waals surface area contributed by atoms with Crippen molar-refractivity contribution in [3.8, 4) is 0 Å². The first-order valence-electron chi connectivity index (χ1n) is 5.70. The Kier molecular flexibility index (Phi) is 5.88. The molecule has 1 rings (SSSR count). The number of thiol groups is 1. The van der Waals surface area contributed by atoms with Crippen LogP contribution < -0.4 is 0 Å². The van der Waals surface area contributed by atoms with Crippen LogP contribution in [0.25, 0.3) is 0 Å². The number of hydrogen-bond acceptors (Lipinski definition) is 2. The Labute approximate surface area is 88.3 Å². The summed E-state index contributed by atoms with van der Waals surface area (Å²) in [6.45, 7) is 6.23. The monoisotopic (exact) mass is 201 g/mol. The van der Waals surface area contributed by atoms with Gasteiger partial charge in [0.05, 0.1) is 0 Å². The first-order valence-corrected chi connectivity index (χ1v) is 6.33. The van der Waals surface area contributed by atoms with E-state index >= 15 is 0 Å². The van der Waals surface area contributed by atoms with Crippen LogP contribution in [0.2, 0.25) is 0 Å². The maximum absolute atomic E-state index is 4.24. The van der Waals surface area contributed by atoms with Crippen molar-refractivity contribution >= 4 is 12.6 Å². The quantitative estimate of drug-likeness (QED) is 0.467. The summed E-state index contributed by atoms with van der Waals surface area (Å²) in [6.07, 6.45) is 6.86. The Morgan fingerprint density at radius 2 is 2.00 bits per heavy atom. The second-order valence-electron chi connectivity index (χ2n) is 4.17. The molecule has 0 aromatic carbocycles. The summed E-state index contributed by atoms with van der Waals surface area (Å²) in [5.74, 6) is 2.09. The largest absolute Gasteiger partial charge is 0.303 e. The van der Waals surface area contributed by atoms with Gasteiger partial charge in [0.2, 0.25) is 0 Å². The Morgan fingerprint density at radius 3 is 2.54 bits per heavy atom. The molecule has 78 valence electrons. The molecule has 0 radical (unpaired) electrons. The van der Waals surface area contributed by atoms with E-state index < -0.39 is 0 Å². The van der Waals surface area contributed by atoms with E-state index in [4.69, 9.17) is 0 Å². The summed E-state index contributed by atoms with van der Waals surface area (Å²) in [5, 5.41) is 0. The first-order chi connectivity index (χ1) is 6.36. The zero-order valence-electron chi connectivity index (χ0n) is 8.84. The Balaban J connectivity index is 2.04. The molecule has 0 unspecified atom stereocenters. The predicted molar refractivity (Wildman–Crippen MR) is 62.5 cm³/mol. The van der Waals surface area contributed by atoms with Crippen LogP contribution in [0.4, 0.5) is 0 Å². The predicted octanol–water partition coefficient (Wildman–Crippen LogP) is 2.82. The molecule has 13 heavy (non-hydrogen) atoms. The van der Waals surface area contributed by atoms with E-state index in [0.717, 1.165) is 11.7 Å². The van der Waals surface area contributed by atoms with Crippen LogP contribution in [0.3, 0.4) is 0 Å². The van der Waals surface area contributed by atoms with Crippen LogP contribution in [0.5, 0.6) is 0 Å². The van der Waals surface area contributed by atoms with E-state index in [9.17, 15) is 0 Å². The standard InChI is InChI=1S/C11H23NS/c1-2-7-12(8-3-4-9-13)10-11-5-6-11/h11,13H,2-10H2,1H3. The summed E-state index contributed by atoms with van der Waals surface area (Å²) in [5.41, 5.74) is 0. The van der Waals surface area contributed by atoms with Gasteiger partial charge < -0.3 is 4.90 Å². The Hall–Kier alpha value is 0.310. The van der Waals surface area contributed by atoms with Crippen molar-refractivity contribution in [2.45, 2.75) is 39.0 Å². The molecule has 0 heterocycles. The number of nitrogens with zero attached hydrogens (tertiary/aromatic N) is 1. The summed E-state index contributed by atoms with van der Waals surface area (Å²) in [4.78, 5) is 2.64. The second-order valence-corrected chi connectivity index (χ2v) is 4.62. The molecule has 1 nitrogen and oxygen atoms in total. The maximum Gasteiger partial charge on any atom is 0.000966 e. The highest BCUT2D eigenvalue weighted by Crippen LogP contribution is 2.29.